The smallest absolute Gasteiger partial charge is 0.360 e. The van der Waals surface area contributed by atoms with Gasteiger partial charge >= 0.3 is 6.18 Å². The number of anilines is 2. The molecule has 0 spiro atoms. The quantitative estimate of drug-likeness (QED) is 0.529. The first-order valence-electron chi connectivity index (χ1n) is 7.02. The molecule has 0 aliphatic rings. The Kier molecular flexibility index (Phi) is 6.14. The third kappa shape index (κ3) is 4.91. The first-order valence-corrected chi connectivity index (χ1v) is 7.77. The standard InChI is InChI=1S/C17H10Cl2F3N3O/c18-11-5-6-13(19)15(7-11)25-16(26)10(8-23)9-24-14-4-2-1-3-12(14)17(20,21)22/h1-7,9,24H,(H,25,26)/b10-9-. The molecular formula is C17H10Cl2F3N3O. The Labute approximate surface area is 156 Å². The highest BCUT2D eigenvalue weighted by Gasteiger charge is 2.33. The van der Waals surface area contributed by atoms with E-state index in [-0.39, 0.29) is 16.4 Å². The summed E-state index contributed by atoms with van der Waals surface area (Å²) in [7, 11) is 0. The summed E-state index contributed by atoms with van der Waals surface area (Å²) in [6.07, 6.45) is -3.70. The third-order valence-corrected chi connectivity index (χ3v) is 3.71. The number of nitrogens with one attached hydrogen (secondary N) is 2. The van der Waals surface area contributed by atoms with Crippen LogP contribution >= 0.6 is 23.2 Å². The van der Waals surface area contributed by atoms with Crippen LogP contribution in [0.1, 0.15) is 5.56 Å². The molecule has 26 heavy (non-hydrogen) atoms. The van der Waals surface area contributed by atoms with Gasteiger partial charge in [-0.15, -0.1) is 0 Å². The number of nitrogens with zero attached hydrogens (tertiary/aromatic N) is 1. The molecule has 0 aliphatic carbocycles. The van der Waals surface area contributed by atoms with E-state index in [1.165, 1.54) is 36.4 Å². The number of rotatable bonds is 4. The zero-order valence-electron chi connectivity index (χ0n) is 12.9. The highest BCUT2D eigenvalue weighted by molar-refractivity contribution is 6.35. The lowest BCUT2D eigenvalue weighted by Gasteiger charge is -2.12. The van der Waals surface area contributed by atoms with Crippen molar-refractivity contribution in [3.63, 3.8) is 0 Å². The predicted molar refractivity (Wildman–Crippen MR) is 93.9 cm³/mol. The second-order valence-electron chi connectivity index (χ2n) is 4.94. The van der Waals surface area contributed by atoms with Crippen LogP contribution in [0.2, 0.25) is 10.0 Å². The maximum Gasteiger partial charge on any atom is 0.418 e. The van der Waals surface area contributed by atoms with Gasteiger partial charge in [0.2, 0.25) is 0 Å². The van der Waals surface area contributed by atoms with Gasteiger partial charge in [-0.2, -0.15) is 18.4 Å². The molecule has 1 amide bonds. The maximum absolute atomic E-state index is 13.0. The number of hydrogen-bond donors (Lipinski definition) is 2. The van der Waals surface area contributed by atoms with Crippen molar-refractivity contribution in [2.75, 3.05) is 10.6 Å². The Balaban J connectivity index is 2.22. The van der Waals surface area contributed by atoms with Crippen LogP contribution in [0, 0.1) is 11.3 Å². The summed E-state index contributed by atoms with van der Waals surface area (Å²) < 4.78 is 38.9. The van der Waals surface area contributed by atoms with Gasteiger partial charge in [0.05, 0.1) is 22.0 Å². The fraction of sp³-hybridized carbons (Fsp3) is 0.0588. The van der Waals surface area contributed by atoms with Gasteiger partial charge in [-0.25, -0.2) is 0 Å². The van der Waals surface area contributed by atoms with E-state index in [9.17, 15) is 18.0 Å². The van der Waals surface area contributed by atoms with E-state index in [2.05, 4.69) is 10.6 Å². The van der Waals surface area contributed by atoms with Crippen molar-refractivity contribution >= 4 is 40.5 Å². The normalized spacial score (nSPS) is 11.6. The summed E-state index contributed by atoms with van der Waals surface area (Å²) in [5.74, 6) is -0.853. The predicted octanol–water partition coefficient (Wildman–Crippen LogP) is 5.47. The zero-order valence-corrected chi connectivity index (χ0v) is 14.4. The second-order valence-corrected chi connectivity index (χ2v) is 5.78. The number of halogens is 5. The van der Waals surface area contributed by atoms with Crippen LogP contribution in [0.3, 0.4) is 0 Å². The summed E-state index contributed by atoms with van der Waals surface area (Å²) >= 11 is 11.7. The van der Waals surface area contributed by atoms with Gasteiger partial charge in [-0.05, 0) is 30.3 Å². The van der Waals surface area contributed by atoms with Gasteiger partial charge in [0.1, 0.15) is 11.6 Å². The second kappa shape index (κ2) is 8.13. The minimum atomic E-state index is -4.58. The summed E-state index contributed by atoms with van der Waals surface area (Å²) in [4.78, 5) is 12.1. The lowest BCUT2D eigenvalue weighted by atomic mass is 10.1. The SMILES string of the molecule is N#C/C(=C/Nc1ccccc1C(F)(F)F)C(=O)Nc1cc(Cl)ccc1Cl. The van der Waals surface area contributed by atoms with Crippen LogP contribution in [0.4, 0.5) is 24.5 Å². The molecule has 0 bridgehead atoms. The maximum atomic E-state index is 13.0. The van der Waals surface area contributed by atoms with Crippen molar-refractivity contribution in [1.29, 1.82) is 5.26 Å². The molecule has 0 aromatic heterocycles. The largest absolute Gasteiger partial charge is 0.418 e. The molecule has 9 heteroatoms. The van der Waals surface area contributed by atoms with Gasteiger partial charge in [-0.3, -0.25) is 4.79 Å². The molecule has 0 aliphatic heterocycles. The summed E-state index contributed by atoms with van der Waals surface area (Å²) in [5, 5.41) is 14.3. The van der Waals surface area contributed by atoms with E-state index in [4.69, 9.17) is 28.5 Å². The van der Waals surface area contributed by atoms with Gasteiger partial charge < -0.3 is 10.6 Å². The van der Waals surface area contributed by atoms with Crippen LogP contribution < -0.4 is 10.6 Å². The van der Waals surface area contributed by atoms with Crippen molar-refractivity contribution in [3.05, 3.63) is 69.8 Å². The number of carbonyl (C=O) groups is 1. The van der Waals surface area contributed by atoms with Crippen LogP contribution in [0.25, 0.3) is 0 Å². The van der Waals surface area contributed by atoms with Gasteiger partial charge in [0, 0.05) is 11.2 Å². The molecule has 0 unspecified atom stereocenters. The molecule has 4 nitrogen and oxygen atoms in total. The van der Waals surface area contributed by atoms with Gasteiger partial charge in [0.25, 0.3) is 5.91 Å². The molecule has 2 N–H and O–H groups in total. The molecule has 0 saturated carbocycles. The van der Waals surface area contributed by atoms with Crippen LogP contribution in [-0.4, -0.2) is 5.91 Å². The van der Waals surface area contributed by atoms with Crippen molar-refractivity contribution in [1.82, 2.24) is 0 Å². The Morgan fingerprint density at radius 2 is 1.81 bits per heavy atom. The van der Waals surface area contributed by atoms with Crippen molar-refractivity contribution in [3.8, 4) is 6.07 Å². The van der Waals surface area contributed by atoms with Crippen LogP contribution in [0.5, 0.6) is 0 Å². The number of hydrogen-bond acceptors (Lipinski definition) is 3. The molecule has 0 atom stereocenters. The highest BCUT2D eigenvalue weighted by Crippen LogP contribution is 2.34. The average molecular weight is 400 g/mol. The number of benzene rings is 2. The number of carbonyl (C=O) groups excluding carboxylic acids is 1. The highest BCUT2D eigenvalue weighted by atomic mass is 35.5. The Bertz CT molecular complexity index is 905. The Hall–Kier alpha value is -2.69. The Morgan fingerprint density at radius 1 is 1.12 bits per heavy atom. The summed E-state index contributed by atoms with van der Waals surface area (Å²) in [5.41, 5.74) is -1.49. The summed E-state index contributed by atoms with van der Waals surface area (Å²) in [6.45, 7) is 0. The topological polar surface area (TPSA) is 64.9 Å². The number of nitriles is 1. The van der Waals surface area contributed by atoms with E-state index in [1.807, 2.05) is 0 Å². The Morgan fingerprint density at radius 3 is 2.46 bits per heavy atom. The first kappa shape index (κ1) is 19.6. The molecule has 2 rings (SSSR count). The minimum absolute atomic E-state index is 0.168. The van der Waals surface area contributed by atoms with E-state index in [0.29, 0.717) is 5.02 Å². The van der Waals surface area contributed by atoms with Gasteiger partial charge in [0.15, 0.2) is 0 Å². The molecule has 0 saturated heterocycles. The molecular weight excluding hydrogens is 390 g/mol. The van der Waals surface area contributed by atoms with Crippen molar-refractivity contribution in [2.45, 2.75) is 6.18 Å². The lowest BCUT2D eigenvalue weighted by molar-refractivity contribution is -0.136. The number of para-hydroxylation sites is 1. The van der Waals surface area contributed by atoms with E-state index < -0.39 is 23.2 Å². The first-order chi connectivity index (χ1) is 12.2. The molecule has 0 heterocycles. The average Bonchev–Trinajstić information content (AvgIpc) is 2.58. The van der Waals surface area contributed by atoms with E-state index >= 15 is 0 Å². The van der Waals surface area contributed by atoms with E-state index in [1.54, 1.807) is 6.07 Å². The number of alkyl halides is 3. The van der Waals surface area contributed by atoms with Crippen molar-refractivity contribution in [2.24, 2.45) is 0 Å². The van der Waals surface area contributed by atoms with Crippen LogP contribution in [0.15, 0.2) is 54.2 Å². The summed E-state index contributed by atoms with van der Waals surface area (Å²) in [6, 6.07) is 10.6. The van der Waals surface area contributed by atoms with Crippen molar-refractivity contribution < 1.29 is 18.0 Å². The monoisotopic (exact) mass is 399 g/mol. The lowest BCUT2D eigenvalue weighted by Crippen LogP contribution is -2.15. The molecule has 0 radical (unpaired) electrons. The molecule has 2 aromatic rings. The molecule has 2 aromatic carbocycles. The third-order valence-electron chi connectivity index (χ3n) is 3.15. The molecule has 0 fully saturated rings. The minimum Gasteiger partial charge on any atom is -0.360 e. The fourth-order valence-electron chi connectivity index (χ4n) is 1.94. The van der Waals surface area contributed by atoms with E-state index in [0.717, 1.165) is 12.3 Å². The van der Waals surface area contributed by atoms with Crippen LogP contribution in [-0.2, 0) is 11.0 Å². The van der Waals surface area contributed by atoms with Gasteiger partial charge in [-0.1, -0.05) is 35.3 Å². The molecule has 134 valence electrons. The fourth-order valence-corrected chi connectivity index (χ4v) is 2.27. The zero-order chi connectivity index (χ0) is 19.3. The number of amides is 1.